The standard InChI is InChI=1S/C15H23ClN2/c1-11(2)18-9-4-3-8-14(17)15(18)12-6-5-7-13(16)10-12/h5-7,10-11,14-15H,3-4,8-9,17H2,1-2H3. The van der Waals surface area contributed by atoms with Crippen LogP contribution < -0.4 is 5.73 Å². The Morgan fingerprint density at radius 3 is 2.78 bits per heavy atom. The van der Waals surface area contributed by atoms with Gasteiger partial charge < -0.3 is 5.73 Å². The van der Waals surface area contributed by atoms with E-state index in [1.807, 2.05) is 12.1 Å². The summed E-state index contributed by atoms with van der Waals surface area (Å²) in [7, 11) is 0. The SMILES string of the molecule is CC(C)N1CCCCC(N)C1c1cccc(Cl)c1. The van der Waals surface area contributed by atoms with Gasteiger partial charge >= 0.3 is 0 Å². The van der Waals surface area contributed by atoms with Crippen LogP contribution >= 0.6 is 11.6 Å². The summed E-state index contributed by atoms with van der Waals surface area (Å²) in [5.41, 5.74) is 7.66. The lowest BCUT2D eigenvalue weighted by Crippen LogP contribution is -2.43. The Labute approximate surface area is 115 Å². The van der Waals surface area contributed by atoms with Gasteiger partial charge in [0.1, 0.15) is 0 Å². The van der Waals surface area contributed by atoms with E-state index in [1.54, 1.807) is 0 Å². The first-order valence-corrected chi connectivity index (χ1v) is 7.24. The lowest BCUT2D eigenvalue weighted by atomic mass is 9.95. The highest BCUT2D eigenvalue weighted by molar-refractivity contribution is 6.30. The molecule has 2 rings (SSSR count). The van der Waals surface area contributed by atoms with Crippen molar-refractivity contribution in [2.45, 2.75) is 51.2 Å². The van der Waals surface area contributed by atoms with Crippen LogP contribution in [0.15, 0.2) is 24.3 Å². The van der Waals surface area contributed by atoms with Crippen LogP contribution in [0.2, 0.25) is 5.02 Å². The zero-order valence-corrected chi connectivity index (χ0v) is 12.0. The molecular formula is C15H23ClN2. The molecule has 3 heteroatoms. The normalized spacial score (nSPS) is 26.3. The molecule has 2 nitrogen and oxygen atoms in total. The van der Waals surface area contributed by atoms with Gasteiger partial charge in [-0.25, -0.2) is 0 Å². The predicted molar refractivity (Wildman–Crippen MR) is 77.9 cm³/mol. The third-order valence-electron chi connectivity index (χ3n) is 3.82. The van der Waals surface area contributed by atoms with Crippen molar-refractivity contribution in [2.24, 2.45) is 5.73 Å². The van der Waals surface area contributed by atoms with Gasteiger partial charge in [0.05, 0.1) is 6.04 Å². The molecule has 1 heterocycles. The smallest absolute Gasteiger partial charge is 0.0502 e. The Hall–Kier alpha value is -0.570. The summed E-state index contributed by atoms with van der Waals surface area (Å²) in [6, 6.07) is 9.17. The number of hydrogen-bond donors (Lipinski definition) is 1. The molecule has 0 aliphatic carbocycles. The monoisotopic (exact) mass is 266 g/mol. The van der Waals surface area contributed by atoms with Gasteiger partial charge in [0.25, 0.3) is 0 Å². The lowest BCUT2D eigenvalue weighted by molar-refractivity contribution is 0.144. The first-order chi connectivity index (χ1) is 8.59. The zero-order valence-electron chi connectivity index (χ0n) is 11.3. The second kappa shape index (κ2) is 6.05. The molecule has 0 radical (unpaired) electrons. The first-order valence-electron chi connectivity index (χ1n) is 6.86. The molecular weight excluding hydrogens is 244 g/mol. The Bertz CT molecular complexity index is 392. The Morgan fingerprint density at radius 2 is 2.11 bits per heavy atom. The fourth-order valence-electron chi connectivity index (χ4n) is 2.93. The van der Waals surface area contributed by atoms with E-state index in [0.717, 1.165) is 18.0 Å². The average molecular weight is 267 g/mol. The molecule has 0 aromatic heterocycles. The summed E-state index contributed by atoms with van der Waals surface area (Å²) < 4.78 is 0. The highest BCUT2D eigenvalue weighted by Gasteiger charge is 2.30. The lowest BCUT2D eigenvalue weighted by Gasteiger charge is -2.36. The Kier molecular flexibility index (Phi) is 4.66. The van der Waals surface area contributed by atoms with E-state index in [1.165, 1.54) is 18.4 Å². The Morgan fingerprint density at radius 1 is 1.33 bits per heavy atom. The highest BCUT2D eigenvalue weighted by Crippen LogP contribution is 2.32. The van der Waals surface area contributed by atoms with E-state index in [9.17, 15) is 0 Å². The fraction of sp³-hybridized carbons (Fsp3) is 0.600. The quantitative estimate of drug-likeness (QED) is 0.886. The third kappa shape index (κ3) is 3.05. The number of rotatable bonds is 2. The average Bonchev–Trinajstić information content (AvgIpc) is 2.51. The van der Waals surface area contributed by atoms with Crippen LogP contribution in [0.5, 0.6) is 0 Å². The van der Waals surface area contributed by atoms with Crippen LogP contribution in [0.3, 0.4) is 0 Å². The van der Waals surface area contributed by atoms with Crippen molar-refractivity contribution in [2.75, 3.05) is 6.54 Å². The predicted octanol–water partition coefficient (Wildman–Crippen LogP) is 3.60. The molecule has 2 atom stereocenters. The number of halogens is 1. The summed E-state index contributed by atoms with van der Waals surface area (Å²) in [6.07, 6.45) is 3.56. The third-order valence-corrected chi connectivity index (χ3v) is 4.06. The first kappa shape index (κ1) is 13.9. The second-order valence-corrected chi connectivity index (χ2v) is 5.93. The Balaban J connectivity index is 2.34. The van der Waals surface area contributed by atoms with Crippen LogP contribution in [0.4, 0.5) is 0 Å². The van der Waals surface area contributed by atoms with Crippen LogP contribution in [-0.4, -0.2) is 23.5 Å². The summed E-state index contributed by atoms with van der Waals surface area (Å²) in [4.78, 5) is 2.52. The molecule has 1 aromatic carbocycles. The van der Waals surface area contributed by atoms with E-state index in [-0.39, 0.29) is 6.04 Å². The second-order valence-electron chi connectivity index (χ2n) is 5.49. The molecule has 1 fully saturated rings. The van der Waals surface area contributed by atoms with Gasteiger partial charge in [0.2, 0.25) is 0 Å². The van der Waals surface area contributed by atoms with Crippen molar-refractivity contribution in [3.8, 4) is 0 Å². The molecule has 1 aliphatic rings. The van der Waals surface area contributed by atoms with Crippen molar-refractivity contribution in [3.05, 3.63) is 34.9 Å². The minimum absolute atomic E-state index is 0.202. The fourth-order valence-corrected chi connectivity index (χ4v) is 3.12. The molecule has 2 unspecified atom stereocenters. The summed E-state index contributed by atoms with van der Waals surface area (Å²) in [5.74, 6) is 0. The summed E-state index contributed by atoms with van der Waals surface area (Å²) >= 11 is 6.12. The maximum absolute atomic E-state index is 6.40. The molecule has 0 bridgehead atoms. The van der Waals surface area contributed by atoms with E-state index >= 15 is 0 Å². The number of benzene rings is 1. The maximum Gasteiger partial charge on any atom is 0.0502 e. The van der Waals surface area contributed by atoms with Crippen molar-refractivity contribution in [1.82, 2.24) is 4.90 Å². The van der Waals surface area contributed by atoms with Crippen LogP contribution in [0.25, 0.3) is 0 Å². The van der Waals surface area contributed by atoms with Crippen LogP contribution in [0, 0.1) is 0 Å². The summed E-state index contributed by atoms with van der Waals surface area (Å²) in [5, 5.41) is 0.799. The van der Waals surface area contributed by atoms with Gasteiger partial charge in [-0.1, -0.05) is 30.2 Å². The van der Waals surface area contributed by atoms with E-state index < -0.39 is 0 Å². The molecule has 0 amide bonds. The van der Waals surface area contributed by atoms with Crippen molar-refractivity contribution < 1.29 is 0 Å². The minimum Gasteiger partial charge on any atom is -0.326 e. The molecule has 100 valence electrons. The molecule has 1 aromatic rings. The molecule has 18 heavy (non-hydrogen) atoms. The van der Waals surface area contributed by atoms with Gasteiger partial charge in [-0.15, -0.1) is 0 Å². The molecule has 0 saturated carbocycles. The van der Waals surface area contributed by atoms with Gasteiger partial charge in [-0.3, -0.25) is 4.90 Å². The van der Waals surface area contributed by atoms with Crippen molar-refractivity contribution in [1.29, 1.82) is 0 Å². The van der Waals surface area contributed by atoms with Crippen molar-refractivity contribution >= 4 is 11.6 Å². The van der Waals surface area contributed by atoms with Gasteiger partial charge in [0, 0.05) is 17.1 Å². The molecule has 1 saturated heterocycles. The van der Waals surface area contributed by atoms with Gasteiger partial charge in [-0.2, -0.15) is 0 Å². The summed E-state index contributed by atoms with van der Waals surface area (Å²) in [6.45, 7) is 5.62. The molecule has 2 N–H and O–H groups in total. The number of hydrogen-bond acceptors (Lipinski definition) is 2. The maximum atomic E-state index is 6.40. The van der Waals surface area contributed by atoms with Gasteiger partial charge in [0.15, 0.2) is 0 Å². The van der Waals surface area contributed by atoms with E-state index in [2.05, 4.69) is 30.9 Å². The number of likely N-dealkylation sites (tertiary alicyclic amines) is 1. The van der Waals surface area contributed by atoms with E-state index in [4.69, 9.17) is 17.3 Å². The molecule has 1 aliphatic heterocycles. The largest absolute Gasteiger partial charge is 0.326 e. The topological polar surface area (TPSA) is 29.3 Å². The number of nitrogens with two attached hydrogens (primary N) is 1. The molecule has 0 spiro atoms. The number of nitrogens with zero attached hydrogens (tertiary/aromatic N) is 1. The van der Waals surface area contributed by atoms with E-state index in [0.29, 0.717) is 12.1 Å². The van der Waals surface area contributed by atoms with Crippen molar-refractivity contribution in [3.63, 3.8) is 0 Å². The zero-order chi connectivity index (χ0) is 13.1. The van der Waals surface area contributed by atoms with Crippen LogP contribution in [0.1, 0.15) is 44.7 Å². The minimum atomic E-state index is 0.202. The van der Waals surface area contributed by atoms with Crippen LogP contribution in [-0.2, 0) is 0 Å². The highest BCUT2D eigenvalue weighted by atomic mass is 35.5. The van der Waals surface area contributed by atoms with Gasteiger partial charge in [-0.05, 0) is 50.9 Å².